The second kappa shape index (κ2) is 10.8. The van der Waals surface area contributed by atoms with Crippen LogP contribution in [0.15, 0.2) is 18.2 Å². The van der Waals surface area contributed by atoms with Crippen LogP contribution in [0, 0.1) is 5.92 Å². The van der Waals surface area contributed by atoms with E-state index in [-0.39, 0.29) is 27.9 Å². The standard InChI is InChI=1S/C24H25F8N3O4S/c1-11(2)9-33-18(36)19-34-16(20(37)35-10-21(25,26)8-12(35)3)17(40-19)14-6-5-13(7-15(14)39-4)22(38,23(27,28)29)24(30,31)32/h5-7,11-12,38H,8-10H2,1-4H3,(H,33,36). The van der Waals surface area contributed by atoms with Crippen LogP contribution in [0.1, 0.15) is 53.0 Å². The van der Waals surface area contributed by atoms with Crippen molar-refractivity contribution in [1.29, 1.82) is 0 Å². The average molecular weight is 604 g/mol. The van der Waals surface area contributed by atoms with E-state index in [1.807, 2.05) is 0 Å². The van der Waals surface area contributed by atoms with E-state index in [1.165, 1.54) is 6.92 Å². The molecule has 3 rings (SSSR count). The number of carbonyl (C=O) groups excluding carboxylic acids is 2. The molecule has 0 spiro atoms. The first-order valence-corrected chi connectivity index (χ1v) is 12.6. The van der Waals surface area contributed by atoms with Gasteiger partial charge in [0.05, 0.1) is 18.5 Å². The maximum Gasteiger partial charge on any atom is 0.430 e. The van der Waals surface area contributed by atoms with E-state index in [2.05, 4.69) is 10.3 Å². The van der Waals surface area contributed by atoms with E-state index in [1.54, 1.807) is 13.8 Å². The van der Waals surface area contributed by atoms with Crippen LogP contribution < -0.4 is 10.1 Å². The van der Waals surface area contributed by atoms with Gasteiger partial charge in [0.15, 0.2) is 5.01 Å². The van der Waals surface area contributed by atoms with Crippen LogP contribution in [0.3, 0.4) is 0 Å². The third-order valence-corrected chi connectivity index (χ3v) is 7.26. The summed E-state index contributed by atoms with van der Waals surface area (Å²) in [6.45, 7) is 4.21. The predicted molar refractivity (Wildman–Crippen MR) is 127 cm³/mol. The molecule has 0 aliphatic carbocycles. The minimum absolute atomic E-state index is 0.0193. The van der Waals surface area contributed by atoms with Crippen molar-refractivity contribution in [1.82, 2.24) is 15.2 Å². The van der Waals surface area contributed by atoms with Crippen molar-refractivity contribution in [2.45, 2.75) is 57.1 Å². The Morgan fingerprint density at radius 1 is 1.20 bits per heavy atom. The minimum Gasteiger partial charge on any atom is -0.496 e. The second-order valence-electron chi connectivity index (χ2n) is 9.76. The molecule has 1 fully saturated rings. The molecule has 1 aliphatic rings. The summed E-state index contributed by atoms with van der Waals surface area (Å²) in [5.74, 6) is -5.58. The summed E-state index contributed by atoms with van der Waals surface area (Å²) in [5.41, 5.74) is -7.64. The minimum atomic E-state index is -6.16. The van der Waals surface area contributed by atoms with Gasteiger partial charge in [-0.15, -0.1) is 11.3 Å². The molecule has 0 bridgehead atoms. The molecule has 1 atom stereocenters. The number of nitrogens with zero attached hydrogens (tertiary/aromatic N) is 2. The van der Waals surface area contributed by atoms with Gasteiger partial charge in [0.1, 0.15) is 11.4 Å². The van der Waals surface area contributed by atoms with Crippen molar-refractivity contribution in [2.24, 2.45) is 5.92 Å². The van der Waals surface area contributed by atoms with Gasteiger partial charge in [-0.3, -0.25) is 9.59 Å². The number of ether oxygens (including phenoxy) is 1. The first-order valence-electron chi connectivity index (χ1n) is 11.8. The molecule has 2 heterocycles. The number of aromatic nitrogens is 1. The van der Waals surface area contributed by atoms with Crippen molar-refractivity contribution in [3.63, 3.8) is 0 Å². The fraction of sp³-hybridized carbons (Fsp3) is 0.542. The largest absolute Gasteiger partial charge is 0.496 e. The first-order chi connectivity index (χ1) is 18.2. The molecule has 0 saturated carbocycles. The highest BCUT2D eigenvalue weighted by Gasteiger charge is 2.71. The number of hydrogen-bond donors (Lipinski definition) is 2. The zero-order valence-electron chi connectivity index (χ0n) is 21.5. The lowest BCUT2D eigenvalue weighted by Gasteiger charge is -2.33. The summed E-state index contributed by atoms with van der Waals surface area (Å²) in [7, 11) is 0.921. The number of methoxy groups -OCH3 is 1. The zero-order valence-corrected chi connectivity index (χ0v) is 22.3. The molecule has 2 amide bonds. The Bertz CT molecular complexity index is 1260. The number of rotatable bonds is 7. The number of thiazole rings is 1. The summed E-state index contributed by atoms with van der Waals surface area (Å²) < 4.78 is 114. The van der Waals surface area contributed by atoms with Gasteiger partial charge in [-0.25, -0.2) is 13.8 Å². The summed E-state index contributed by atoms with van der Waals surface area (Å²) in [4.78, 5) is 30.7. The molecular weight excluding hydrogens is 578 g/mol. The highest BCUT2D eigenvalue weighted by molar-refractivity contribution is 7.17. The van der Waals surface area contributed by atoms with Gasteiger partial charge >= 0.3 is 12.4 Å². The smallest absolute Gasteiger partial charge is 0.430 e. The fourth-order valence-corrected chi connectivity index (χ4v) is 5.13. The van der Waals surface area contributed by atoms with E-state index >= 15 is 0 Å². The Morgan fingerprint density at radius 2 is 1.80 bits per heavy atom. The van der Waals surface area contributed by atoms with E-state index in [0.717, 1.165) is 18.1 Å². The SMILES string of the molecule is COc1cc(C(O)(C(F)(F)F)C(F)(F)F)ccc1-c1sc(C(=O)NCC(C)C)nc1C(=O)N1CC(F)(F)CC1C. The van der Waals surface area contributed by atoms with Gasteiger partial charge in [0.2, 0.25) is 0 Å². The van der Waals surface area contributed by atoms with Crippen molar-refractivity contribution >= 4 is 23.2 Å². The number of aliphatic hydroxyl groups is 1. The number of benzene rings is 1. The number of alkyl halides is 8. The average Bonchev–Trinajstić information content (AvgIpc) is 3.39. The van der Waals surface area contributed by atoms with E-state index in [0.29, 0.717) is 23.5 Å². The topological polar surface area (TPSA) is 91.8 Å². The Kier molecular flexibility index (Phi) is 8.48. The van der Waals surface area contributed by atoms with Gasteiger partial charge in [0.25, 0.3) is 23.3 Å². The summed E-state index contributed by atoms with van der Waals surface area (Å²) in [6, 6.07) is 0.444. The second-order valence-corrected chi connectivity index (χ2v) is 10.8. The quantitative estimate of drug-likeness (QED) is 0.415. The molecule has 1 saturated heterocycles. The maximum atomic E-state index is 14.0. The number of amides is 2. The van der Waals surface area contributed by atoms with Crippen LogP contribution in [-0.4, -0.2) is 71.3 Å². The lowest BCUT2D eigenvalue weighted by atomic mass is 9.90. The van der Waals surface area contributed by atoms with Crippen LogP contribution >= 0.6 is 11.3 Å². The van der Waals surface area contributed by atoms with E-state index in [9.17, 15) is 49.8 Å². The molecule has 1 aliphatic heterocycles. The van der Waals surface area contributed by atoms with Crippen LogP contribution in [0.5, 0.6) is 5.75 Å². The molecule has 0 radical (unpaired) electrons. The van der Waals surface area contributed by atoms with Gasteiger partial charge < -0.3 is 20.1 Å². The molecule has 222 valence electrons. The number of carbonyl (C=O) groups is 2. The Morgan fingerprint density at radius 3 is 2.27 bits per heavy atom. The van der Waals surface area contributed by atoms with Crippen LogP contribution in [0.25, 0.3) is 10.4 Å². The molecule has 2 N–H and O–H groups in total. The number of likely N-dealkylation sites (tertiary alicyclic amines) is 1. The number of hydrogen-bond acceptors (Lipinski definition) is 6. The summed E-state index contributed by atoms with van der Waals surface area (Å²) >= 11 is 0.569. The highest BCUT2D eigenvalue weighted by Crippen LogP contribution is 2.51. The Balaban J connectivity index is 2.19. The maximum absolute atomic E-state index is 14.0. The lowest BCUT2D eigenvalue weighted by molar-refractivity contribution is -0.376. The van der Waals surface area contributed by atoms with Gasteiger partial charge in [-0.05, 0) is 25.0 Å². The molecule has 40 heavy (non-hydrogen) atoms. The van der Waals surface area contributed by atoms with Crippen molar-refractivity contribution in [3.8, 4) is 16.2 Å². The van der Waals surface area contributed by atoms with Crippen molar-refractivity contribution in [3.05, 3.63) is 34.5 Å². The molecule has 1 aromatic heterocycles. The van der Waals surface area contributed by atoms with Crippen LogP contribution in [0.4, 0.5) is 35.1 Å². The molecular formula is C24H25F8N3O4S. The predicted octanol–water partition coefficient (Wildman–Crippen LogP) is 5.39. The van der Waals surface area contributed by atoms with Crippen molar-refractivity contribution in [2.75, 3.05) is 20.2 Å². The Hall–Kier alpha value is -3.01. The van der Waals surface area contributed by atoms with Crippen molar-refractivity contribution < 1.29 is 54.6 Å². The van der Waals surface area contributed by atoms with Crippen LogP contribution in [-0.2, 0) is 5.60 Å². The number of nitrogens with one attached hydrogen (secondary N) is 1. The van der Waals surface area contributed by atoms with Gasteiger partial charge in [0, 0.05) is 30.1 Å². The Labute approximate surface area is 227 Å². The summed E-state index contributed by atoms with van der Waals surface area (Å²) in [6.07, 6.45) is -13.0. The van der Waals surface area contributed by atoms with Crippen LogP contribution in [0.2, 0.25) is 0 Å². The van der Waals surface area contributed by atoms with E-state index < -0.39 is 71.7 Å². The first kappa shape index (κ1) is 31.5. The molecule has 1 unspecified atom stereocenters. The summed E-state index contributed by atoms with van der Waals surface area (Å²) in [5, 5.41) is 12.0. The molecule has 7 nitrogen and oxygen atoms in total. The zero-order chi connectivity index (χ0) is 30.4. The third kappa shape index (κ3) is 5.87. The monoisotopic (exact) mass is 603 g/mol. The van der Waals surface area contributed by atoms with Gasteiger partial charge in [-0.2, -0.15) is 26.3 Å². The highest BCUT2D eigenvalue weighted by atomic mass is 32.1. The number of halogens is 8. The van der Waals surface area contributed by atoms with E-state index in [4.69, 9.17) is 4.74 Å². The fourth-order valence-electron chi connectivity index (χ4n) is 4.13. The normalized spacial score (nSPS) is 17.9. The molecule has 1 aromatic carbocycles. The van der Waals surface area contributed by atoms with Gasteiger partial charge in [-0.1, -0.05) is 19.9 Å². The molecule has 16 heteroatoms. The third-order valence-electron chi connectivity index (χ3n) is 6.17. The molecule has 2 aromatic rings. The lowest BCUT2D eigenvalue weighted by Crippen LogP contribution is -2.53.